The molecule has 0 radical (unpaired) electrons. The van der Waals surface area contributed by atoms with Gasteiger partial charge in [0.15, 0.2) is 6.61 Å². The smallest absolute Gasteiger partial charge is 0.258 e. The van der Waals surface area contributed by atoms with E-state index in [4.69, 9.17) is 16.3 Å². The highest BCUT2D eigenvalue weighted by molar-refractivity contribution is 6.32. The minimum Gasteiger partial charge on any atom is -0.482 e. The third-order valence-corrected chi connectivity index (χ3v) is 3.44. The van der Waals surface area contributed by atoms with Crippen LogP contribution in [0.2, 0.25) is 5.02 Å². The van der Waals surface area contributed by atoms with Crippen LogP contribution in [-0.2, 0) is 4.79 Å². The Morgan fingerprint density at radius 1 is 1.40 bits per heavy atom. The topological polar surface area (TPSA) is 58.6 Å². The Hall–Kier alpha value is -1.26. The molecule has 1 amide bonds. The van der Waals surface area contributed by atoms with E-state index < -0.39 is 6.10 Å². The number of hydrogen-bond donors (Lipinski definition) is 2. The van der Waals surface area contributed by atoms with Crippen molar-refractivity contribution in [1.29, 1.82) is 0 Å². The first kappa shape index (κ1) is 16.8. The van der Waals surface area contributed by atoms with Crippen molar-refractivity contribution in [3.05, 3.63) is 28.8 Å². The summed E-state index contributed by atoms with van der Waals surface area (Å²) in [6, 6.07) is 5.21. The molecule has 112 valence electrons. The predicted octanol–water partition coefficient (Wildman–Crippen LogP) is 3.08. The van der Waals surface area contributed by atoms with Gasteiger partial charge in [-0.1, -0.05) is 31.5 Å². The van der Waals surface area contributed by atoms with E-state index in [2.05, 4.69) is 5.32 Å². The van der Waals surface area contributed by atoms with Gasteiger partial charge in [0.2, 0.25) is 0 Å². The van der Waals surface area contributed by atoms with Gasteiger partial charge in [0.05, 0.1) is 11.1 Å². The van der Waals surface area contributed by atoms with Crippen LogP contribution < -0.4 is 10.1 Å². The molecule has 0 fully saturated rings. The molecule has 1 aromatic carbocycles. The van der Waals surface area contributed by atoms with Crippen LogP contribution >= 0.6 is 11.6 Å². The highest BCUT2D eigenvalue weighted by Crippen LogP contribution is 2.27. The van der Waals surface area contributed by atoms with Crippen molar-refractivity contribution in [2.75, 3.05) is 6.61 Å². The number of carbonyl (C=O) groups is 1. The zero-order chi connectivity index (χ0) is 15.1. The zero-order valence-corrected chi connectivity index (χ0v) is 12.9. The number of aliphatic hydroxyl groups is 1. The molecule has 1 unspecified atom stereocenters. The van der Waals surface area contributed by atoms with Gasteiger partial charge in [0.1, 0.15) is 5.75 Å². The van der Waals surface area contributed by atoms with Crippen molar-refractivity contribution in [2.24, 2.45) is 0 Å². The number of benzene rings is 1. The second-order valence-electron chi connectivity index (χ2n) is 4.74. The van der Waals surface area contributed by atoms with Crippen LogP contribution in [0.4, 0.5) is 0 Å². The van der Waals surface area contributed by atoms with Crippen LogP contribution in [0.5, 0.6) is 5.75 Å². The quantitative estimate of drug-likeness (QED) is 0.813. The standard InChI is InChI=1S/C15H22ClNO3/c1-4-12(5-2)17-15(19)9-20-14-7-6-11(10(3)18)8-13(14)16/h6-8,10,12,18H,4-5,9H2,1-3H3,(H,17,19). The summed E-state index contributed by atoms with van der Waals surface area (Å²) in [5.74, 6) is 0.283. The molecule has 0 saturated heterocycles. The van der Waals surface area contributed by atoms with E-state index in [1.165, 1.54) is 0 Å². The van der Waals surface area contributed by atoms with Crippen molar-refractivity contribution >= 4 is 17.5 Å². The molecule has 2 N–H and O–H groups in total. The van der Waals surface area contributed by atoms with E-state index in [1.54, 1.807) is 25.1 Å². The fourth-order valence-electron chi connectivity index (χ4n) is 1.80. The van der Waals surface area contributed by atoms with Crippen LogP contribution in [0.15, 0.2) is 18.2 Å². The molecule has 0 aliphatic heterocycles. The van der Waals surface area contributed by atoms with E-state index in [1.807, 2.05) is 13.8 Å². The largest absolute Gasteiger partial charge is 0.482 e. The maximum Gasteiger partial charge on any atom is 0.258 e. The van der Waals surface area contributed by atoms with Gasteiger partial charge in [0, 0.05) is 6.04 Å². The van der Waals surface area contributed by atoms with Crippen molar-refractivity contribution in [3.63, 3.8) is 0 Å². The monoisotopic (exact) mass is 299 g/mol. The van der Waals surface area contributed by atoms with E-state index in [9.17, 15) is 9.90 Å². The van der Waals surface area contributed by atoms with Crippen LogP contribution in [-0.4, -0.2) is 23.7 Å². The Labute approximate surface area is 125 Å². The molecule has 0 heterocycles. The molecule has 5 heteroatoms. The van der Waals surface area contributed by atoms with Gasteiger partial charge in [-0.3, -0.25) is 4.79 Å². The zero-order valence-electron chi connectivity index (χ0n) is 12.1. The molecule has 4 nitrogen and oxygen atoms in total. The molecule has 1 aromatic rings. The summed E-state index contributed by atoms with van der Waals surface area (Å²) in [5.41, 5.74) is 0.712. The lowest BCUT2D eigenvalue weighted by molar-refractivity contribution is -0.123. The van der Waals surface area contributed by atoms with E-state index >= 15 is 0 Å². The first-order chi connectivity index (χ1) is 9.47. The van der Waals surface area contributed by atoms with Gasteiger partial charge in [-0.2, -0.15) is 0 Å². The van der Waals surface area contributed by atoms with Crippen molar-refractivity contribution in [2.45, 2.75) is 45.8 Å². The lowest BCUT2D eigenvalue weighted by Gasteiger charge is -2.15. The predicted molar refractivity (Wildman–Crippen MR) is 80.1 cm³/mol. The number of hydrogen-bond acceptors (Lipinski definition) is 3. The van der Waals surface area contributed by atoms with Gasteiger partial charge in [-0.25, -0.2) is 0 Å². The molecule has 1 atom stereocenters. The summed E-state index contributed by atoms with van der Waals surface area (Å²) in [7, 11) is 0. The maximum atomic E-state index is 11.7. The second kappa shape index (κ2) is 8.12. The molecule has 0 saturated carbocycles. The summed E-state index contributed by atoms with van der Waals surface area (Å²) in [4.78, 5) is 11.7. The second-order valence-corrected chi connectivity index (χ2v) is 5.14. The Bertz CT molecular complexity index is 445. The highest BCUT2D eigenvalue weighted by atomic mass is 35.5. The average Bonchev–Trinajstić information content (AvgIpc) is 2.43. The van der Waals surface area contributed by atoms with Gasteiger partial charge in [0.25, 0.3) is 5.91 Å². The molecule has 0 aliphatic rings. The number of rotatable bonds is 7. The Balaban J connectivity index is 2.55. The molecule has 20 heavy (non-hydrogen) atoms. The maximum absolute atomic E-state index is 11.7. The van der Waals surface area contributed by atoms with Gasteiger partial charge in [-0.05, 0) is 37.5 Å². The van der Waals surface area contributed by atoms with Crippen LogP contribution in [0, 0.1) is 0 Å². The fourth-order valence-corrected chi connectivity index (χ4v) is 2.04. The number of ether oxygens (including phenoxy) is 1. The number of halogens is 1. The summed E-state index contributed by atoms with van der Waals surface area (Å²) in [6.45, 7) is 5.65. The molecular weight excluding hydrogens is 278 g/mol. The van der Waals surface area contributed by atoms with Crippen LogP contribution in [0.1, 0.15) is 45.3 Å². The first-order valence-electron chi connectivity index (χ1n) is 6.87. The summed E-state index contributed by atoms with van der Waals surface area (Å²) < 4.78 is 5.40. The van der Waals surface area contributed by atoms with Crippen molar-refractivity contribution in [1.82, 2.24) is 5.32 Å². The highest BCUT2D eigenvalue weighted by Gasteiger charge is 2.11. The van der Waals surface area contributed by atoms with Crippen LogP contribution in [0.25, 0.3) is 0 Å². The lowest BCUT2D eigenvalue weighted by atomic mass is 10.1. The minimum absolute atomic E-state index is 0.0652. The molecular formula is C15H22ClNO3. The van der Waals surface area contributed by atoms with Crippen molar-refractivity contribution in [3.8, 4) is 5.75 Å². The number of carbonyl (C=O) groups excluding carboxylic acids is 1. The Morgan fingerprint density at radius 3 is 2.55 bits per heavy atom. The van der Waals surface area contributed by atoms with Gasteiger partial charge in [-0.15, -0.1) is 0 Å². The van der Waals surface area contributed by atoms with Gasteiger partial charge >= 0.3 is 0 Å². The first-order valence-corrected chi connectivity index (χ1v) is 7.25. The minimum atomic E-state index is -0.584. The third-order valence-electron chi connectivity index (χ3n) is 3.15. The molecule has 1 rings (SSSR count). The fraction of sp³-hybridized carbons (Fsp3) is 0.533. The molecule has 0 bridgehead atoms. The van der Waals surface area contributed by atoms with E-state index in [-0.39, 0.29) is 18.6 Å². The van der Waals surface area contributed by atoms with Crippen LogP contribution in [0.3, 0.4) is 0 Å². The number of aliphatic hydroxyl groups excluding tert-OH is 1. The molecule has 0 aliphatic carbocycles. The Morgan fingerprint density at radius 2 is 2.05 bits per heavy atom. The summed E-state index contributed by atoms with van der Waals surface area (Å²) in [6.07, 6.45) is 1.21. The van der Waals surface area contributed by atoms with E-state index in [0.29, 0.717) is 16.3 Å². The average molecular weight is 300 g/mol. The SMILES string of the molecule is CCC(CC)NC(=O)COc1ccc(C(C)O)cc1Cl. The number of nitrogens with one attached hydrogen (secondary N) is 1. The number of amides is 1. The molecule has 0 spiro atoms. The summed E-state index contributed by atoms with van der Waals surface area (Å²) in [5, 5.41) is 12.7. The summed E-state index contributed by atoms with van der Waals surface area (Å²) >= 11 is 6.05. The van der Waals surface area contributed by atoms with Crippen molar-refractivity contribution < 1.29 is 14.6 Å². The lowest BCUT2D eigenvalue weighted by Crippen LogP contribution is -2.37. The van der Waals surface area contributed by atoms with Gasteiger partial charge < -0.3 is 15.2 Å². The third kappa shape index (κ3) is 5.02. The Kier molecular flexibility index (Phi) is 6.82. The molecule has 0 aromatic heterocycles. The van der Waals surface area contributed by atoms with E-state index in [0.717, 1.165) is 12.8 Å². The normalized spacial score (nSPS) is 12.3.